The van der Waals surface area contributed by atoms with Crippen molar-refractivity contribution in [1.29, 1.82) is 0 Å². The maximum Gasteiger partial charge on any atom is 0.170 e. The third-order valence-electron chi connectivity index (χ3n) is 2.65. The summed E-state index contributed by atoms with van der Waals surface area (Å²) in [5.41, 5.74) is 8.42. The number of benzene rings is 2. The highest BCUT2D eigenvalue weighted by Crippen LogP contribution is 2.14. The van der Waals surface area contributed by atoms with Gasteiger partial charge in [0.1, 0.15) is 0 Å². The van der Waals surface area contributed by atoms with E-state index in [4.69, 9.17) is 10.9 Å². The predicted molar refractivity (Wildman–Crippen MR) is 85.4 cm³/mol. The first-order valence-electron chi connectivity index (χ1n) is 5.75. The topological polar surface area (TPSA) is 70.6 Å². The van der Waals surface area contributed by atoms with E-state index in [1.807, 2.05) is 42.5 Å². The molecule has 2 aromatic carbocycles. The number of rotatable bonds is 4. The minimum atomic E-state index is 0.121. The minimum absolute atomic E-state index is 0.121. The van der Waals surface area contributed by atoms with Crippen molar-refractivity contribution in [3.8, 4) is 0 Å². The second kappa shape index (κ2) is 6.42. The highest BCUT2D eigenvalue weighted by Gasteiger charge is 2.01. The van der Waals surface area contributed by atoms with Gasteiger partial charge in [-0.2, -0.15) is 0 Å². The van der Waals surface area contributed by atoms with Crippen molar-refractivity contribution < 1.29 is 5.21 Å². The number of nitrogens with two attached hydrogens (primary N) is 1. The highest BCUT2D eigenvalue weighted by molar-refractivity contribution is 14.1. The van der Waals surface area contributed by atoms with Crippen LogP contribution in [0.4, 0.5) is 5.69 Å². The monoisotopic (exact) mass is 367 g/mol. The first-order chi connectivity index (χ1) is 9.19. The van der Waals surface area contributed by atoms with Gasteiger partial charge >= 0.3 is 0 Å². The van der Waals surface area contributed by atoms with Gasteiger partial charge in [-0.05, 0) is 52.4 Å². The molecule has 0 aliphatic heterocycles. The number of nitrogens with one attached hydrogen (secondary N) is 1. The highest BCUT2D eigenvalue weighted by atomic mass is 127. The molecule has 19 heavy (non-hydrogen) atoms. The summed E-state index contributed by atoms with van der Waals surface area (Å²) in [7, 11) is 0. The Morgan fingerprint density at radius 1 is 1.21 bits per heavy atom. The molecule has 0 aliphatic rings. The van der Waals surface area contributed by atoms with Gasteiger partial charge in [0.15, 0.2) is 5.84 Å². The van der Waals surface area contributed by atoms with E-state index in [0.717, 1.165) is 11.3 Å². The molecule has 2 aromatic rings. The van der Waals surface area contributed by atoms with E-state index >= 15 is 0 Å². The summed E-state index contributed by atoms with van der Waals surface area (Å²) in [6.07, 6.45) is 0. The second-order valence-corrected chi connectivity index (χ2v) is 5.30. The molecule has 0 heterocycles. The van der Waals surface area contributed by atoms with Crippen LogP contribution in [0.25, 0.3) is 0 Å². The van der Waals surface area contributed by atoms with E-state index in [1.54, 1.807) is 0 Å². The average Bonchev–Trinajstić information content (AvgIpc) is 2.45. The summed E-state index contributed by atoms with van der Waals surface area (Å²) in [6, 6.07) is 15.7. The molecule has 0 aromatic heterocycles. The van der Waals surface area contributed by atoms with Gasteiger partial charge in [-0.3, -0.25) is 0 Å². The molecule has 2 rings (SSSR count). The number of anilines is 1. The van der Waals surface area contributed by atoms with Crippen LogP contribution >= 0.6 is 22.6 Å². The Morgan fingerprint density at radius 3 is 2.74 bits per heavy atom. The SMILES string of the molecule is NC(=NO)c1cccc(CNc2cccc(I)c2)c1. The van der Waals surface area contributed by atoms with Crippen molar-refractivity contribution in [2.75, 3.05) is 5.32 Å². The lowest BCUT2D eigenvalue weighted by atomic mass is 10.1. The second-order valence-electron chi connectivity index (χ2n) is 4.05. The molecule has 5 heteroatoms. The number of hydrogen-bond donors (Lipinski definition) is 3. The molecule has 0 aliphatic carbocycles. The van der Waals surface area contributed by atoms with Crippen LogP contribution in [0.2, 0.25) is 0 Å². The summed E-state index contributed by atoms with van der Waals surface area (Å²) in [5, 5.41) is 15.0. The molecule has 4 N–H and O–H groups in total. The minimum Gasteiger partial charge on any atom is -0.409 e. The van der Waals surface area contributed by atoms with Crippen molar-refractivity contribution in [3.05, 3.63) is 63.2 Å². The van der Waals surface area contributed by atoms with Crippen molar-refractivity contribution in [2.45, 2.75) is 6.54 Å². The number of halogens is 1. The lowest BCUT2D eigenvalue weighted by Crippen LogP contribution is -2.13. The van der Waals surface area contributed by atoms with Crippen molar-refractivity contribution in [2.24, 2.45) is 10.9 Å². The van der Waals surface area contributed by atoms with Gasteiger partial charge in [0.05, 0.1) is 0 Å². The van der Waals surface area contributed by atoms with E-state index in [1.165, 1.54) is 3.57 Å². The zero-order valence-corrected chi connectivity index (χ0v) is 12.3. The zero-order valence-electron chi connectivity index (χ0n) is 10.2. The molecule has 98 valence electrons. The molecule has 0 unspecified atom stereocenters. The summed E-state index contributed by atoms with van der Waals surface area (Å²) >= 11 is 2.28. The summed E-state index contributed by atoms with van der Waals surface area (Å²) in [4.78, 5) is 0. The normalized spacial score (nSPS) is 11.3. The third kappa shape index (κ3) is 3.85. The Labute approximate surface area is 125 Å². The summed E-state index contributed by atoms with van der Waals surface area (Å²) < 4.78 is 1.19. The van der Waals surface area contributed by atoms with Gasteiger partial charge in [-0.1, -0.05) is 29.4 Å². The van der Waals surface area contributed by atoms with Crippen LogP contribution < -0.4 is 11.1 Å². The van der Waals surface area contributed by atoms with E-state index in [0.29, 0.717) is 12.1 Å². The number of hydrogen-bond acceptors (Lipinski definition) is 3. The Morgan fingerprint density at radius 2 is 2.00 bits per heavy atom. The van der Waals surface area contributed by atoms with Gasteiger partial charge in [0.2, 0.25) is 0 Å². The molecule has 0 amide bonds. The first kappa shape index (κ1) is 13.7. The Bertz CT molecular complexity index is 599. The molecule has 0 radical (unpaired) electrons. The van der Waals surface area contributed by atoms with Gasteiger partial charge in [0.25, 0.3) is 0 Å². The molecule has 0 saturated heterocycles. The largest absolute Gasteiger partial charge is 0.409 e. The van der Waals surface area contributed by atoms with Crippen LogP contribution in [-0.2, 0) is 6.54 Å². The van der Waals surface area contributed by atoms with Gasteiger partial charge < -0.3 is 16.3 Å². The number of oxime groups is 1. The van der Waals surface area contributed by atoms with Crippen LogP contribution in [-0.4, -0.2) is 11.0 Å². The lowest BCUT2D eigenvalue weighted by molar-refractivity contribution is 0.318. The molecule has 0 bridgehead atoms. The predicted octanol–water partition coefficient (Wildman–Crippen LogP) is 3.00. The zero-order chi connectivity index (χ0) is 13.7. The molecule has 0 saturated carbocycles. The molecule has 0 spiro atoms. The van der Waals surface area contributed by atoms with Crippen LogP contribution in [0, 0.1) is 3.57 Å². The molecule has 4 nitrogen and oxygen atoms in total. The Balaban J connectivity index is 2.08. The molecule has 0 atom stereocenters. The number of amidine groups is 1. The standard InChI is InChI=1S/C14H14IN3O/c15-12-5-2-6-13(8-12)17-9-10-3-1-4-11(7-10)14(16)18-19/h1-8,17,19H,9H2,(H2,16,18). The van der Waals surface area contributed by atoms with Crippen LogP contribution in [0.1, 0.15) is 11.1 Å². The Kier molecular flexibility index (Phi) is 4.62. The van der Waals surface area contributed by atoms with Crippen LogP contribution in [0.15, 0.2) is 53.7 Å². The van der Waals surface area contributed by atoms with E-state index in [-0.39, 0.29) is 5.84 Å². The van der Waals surface area contributed by atoms with E-state index in [9.17, 15) is 0 Å². The smallest absolute Gasteiger partial charge is 0.170 e. The fourth-order valence-electron chi connectivity index (χ4n) is 1.70. The fraction of sp³-hybridized carbons (Fsp3) is 0.0714. The molecule has 0 fully saturated rings. The average molecular weight is 367 g/mol. The van der Waals surface area contributed by atoms with Gasteiger partial charge in [-0.25, -0.2) is 0 Å². The molecular weight excluding hydrogens is 353 g/mol. The van der Waals surface area contributed by atoms with Crippen LogP contribution in [0.3, 0.4) is 0 Å². The van der Waals surface area contributed by atoms with Gasteiger partial charge in [-0.15, -0.1) is 0 Å². The Hall–Kier alpha value is -1.76. The molecular formula is C14H14IN3O. The fourth-order valence-corrected chi connectivity index (χ4v) is 2.24. The third-order valence-corrected chi connectivity index (χ3v) is 3.32. The van der Waals surface area contributed by atoms with Crippen molar-refractivity contribution >= 4 is 34.1 Å². The summed E-state index contributed by atoms with van der Waals surface area (Å²) in [6.45, 7) is 0.687. The maximum atomic E-state index is 8.66. The maximum absolute atomic E-state index is 8.66. The quantitative estimate of drug-likeness (QED) is 0.256. The first-order valence-corrected chi connectivity index (χ1v) is 6.83. The van der Waals surface area contributed by atoms with E-state index in [2.05, 4.69) is 39.1 Å². The number of nitrogens with zero attached hydrogens (tertiary/aromatic N) is 1. The van der Waals surface area contributed by atoms with Crippen LogP contribution in [0.5, 0.6) is 0 Å². The summed E-state index contributed by atoms with van der Waals surface area (Å²) in [5.74, 6) is 0.121. The lowest BCUT2D eigenvalue weighted by Gasteiger charge is -2.08. The van der Waals surface area contributed by atoms with E-state index < -0.39 is 0 Å². The van der Waals surface area contributed by atoms with Gasteiger partial charge in [0, 0.05) is 21.4 Å². The van der Waals surface area contributed by atoms with Crippen molar-refractivity contribution in [1.82, 2.24) is 0 Å². The van der Waals surface area contributed by atoms with Crippen molar-refractivity contribution in [3.63, 3.8) is 0 Å².